The van der Waals surface area contributed by atoms with Gasteiger partial charge in [-0.1, -0.05) is 0 Å². The van der Waals surface area contributed by atoms with Crippen LogP contribution >= 0.6 is 11.8 Å². The van der Waals surface area contributed by atoms with Gasteiger partial charge >= 0.3 is 6.18 Å². The standard InChI is InChI=1S/C13H10F3NOS/c1-19-11-6-7-12(17-8-11)18-10-4-2-9(3-5-10)13(14,15)16/h2-8H,1H3. The number of ether oxygens (including phenoxy) is 1. The van der Waals surface area contributed by atoms with Crippen molar-refractivity contribution in [2.75, 3.05) is 6.26 Å². The molecule has 0 spiro atoms. The summed E-state index contributed by atoms with van der Waals surface area (Å²) in [5.74, 6) is 0.662. The zero-order chi connectivity index (χ0) is 13.9. The normalized spacial score (nSPS) is 11.4. The van der Waals surface area contributed by atoms with E-state index in [2.05, 4.69) is 4.98 Å². The highest BCUT2D eigenvalue weighted by Crippen LogP contribution is 2.31. The van der Waals surface area contributed by atoms with E-state index in [0.29, 0.717) is 11.6 Å². The molecule has 0 fully saturated rings. The van der Waals surface area contributed by atoms with E-state index in [1.807, 2.05) is 12.3 Å². The van der Waals surface area contributed by atoms with Crippen LogP contribution in [0.5, 0.6) is 11.6 Å². The number of alkyl halides is 3. The van der Waals surface area contributed by atoms with Crippen LogP contribution in [0.1, 0.15) is 5.56 Å². The molecule has 100 valence electrons. The molecule has 2 nitrogen and oxygen atoms in total. The molecular formula is C13H10F3NOS. The van der Waals surface area contributed by atoms with E-state index in [4.69, 9.17) is 4.74 Å². The Morgan fingerprint density at radius 2 is 1.74 bits per heavy atom. The smallest absolute Gasteiger partial charge is 0.416 e. The first-order chi connectivity index (χ1) is 8.99. The third-order valence-corrected chi connectivity index (χ3v) is 3.06. The minimum Gasteiger partial charge on any atom is -0.439 e. The quantitative estimate of drug-likeness (QED) is 0.768. The molecule has 2 aromatic rings. The third kappa shape index (κ3) is 3.64. The topological polar surface area (TPSA) is 22.1 Å². The average molecular weight is 285 g/mol. The summed E-state index contributed by atoms with van der Waals surface area (Å²) in [7, 11) is 0. The maximum absolute atomic E-state index is 12.4. The van der Waals surface area contributed by atoms with Crippen LogP contribution < -0.4 is 4.74 Å². The molecule has 0 bridgehead atoms. The molecule has 0 aliphatic rings. The molecule has 0 atom stereocenters. The largest absolute Gasteiger partial charge is 0.439 e. The van der Waals surface area contributed by atoms with Gasteiger partial charge in [-0.2, -0.15) is 13.2 Å². The highest BCUT2D eigenvalue weighted by molar-refractivity contribution is 7.98. The van der Waals surface area contributed by atoms with Crippen molar-refractivity contribution in [3.63, 3.8) is 0 Å². The molecule has 6 heteroatoms. The second kappa shape index (κ2) is 5.52. The maximum Gasteiger partial charge on any atom is 0.416 e. The van der Waals surface area contributed by atoms with Crippen LogP contribution in [0.3, 0.4) is 0 Å². The van der Waals surface area contributed by atoms with Crippen molar-refractivity contribution in [1.82, 2.24) is 4.98 Å². The van der Waals surface area contributed by atoms with Gasteiger partial charge in [-0.05, 0) is 36.6 Å². The lowest BCUT2D eigenvalue weighted by Gasteiger charge is -2.08. The summed E-state index contributed by atoms with van der Waals surface area (Å²) >= 11 is 1.55. The van der Waals surface area contributed by atoms with Gasteiger partial charge in [-0.3, -0.25) is 0 Å². The molecule has 0 aliphatic carbocycles. The molecule has 0 unspecified atom stereocenters. The first kappa shape index (κ1) is 13.7. The zero-order valence-corrected chi connectivity index (χ0v) is 10.8. The number of halogens is 3. The summed E-state index contributed by atoms with van der Waals surface area (Å²) in [5, 5.41) is 0. The summed E-state index contributed by atoms with van der Waals surface area (Å²) in [5.41, 5.74) is -0.703. The first-order valence-electron chi connectivity index (χ1n) is 5.34. The minimum absolute atomic E-state index is 0.317. The van der Waals surface area contributed by atoms with E-state index >= 15 is 0 Å². The fourth-order valence-electron chi connectivity index (χ4n) is 1.38. The molecule has 19 heavy (non-hydrogen) atoms. The van der Waals surface area contributed by atoms with Crippen molar-refractivity contribution < 1.29 is 17.9 Å². The molecule has 0 aliphatic heterocycles. The van der Waals surface area contributed by atoms with Gasteiger partial charge in [0.2, 0.25) is 5.88 Å². The molecule has 0 saturated heterocycles. The molecule has 1 aromatic heterocycles. The van der Waals surface area contributed by atoms with Crippen LogP contribution in [0.15, 0.2) is 47.5 Å². The van der Waals surface area contributed by atoms with Crippen LogP contribution in [0.2, 0.25) is 0 Å². The van der Waals surface area contributed by atoms with Crippen molar-refractivity contribution >= 4 is 11.8 Å². The molecule has 2 rings (SSSR count). The average Bonchev–Trinajstić information content (AvgIpc) is 2.39. The summed E-state index contributed by atoms with van der Waals surface area (Å²) < 4.78 is 42.5. The number of thioether (sulfide) groups is 1. The lowest BCUT2D eigenvalue weighted by atomic mass is 10.2. The van der Waals surface area contributed by atoms with Crippen LogP contribution in [-0.2, 0) is 6.18 Å². The Morgan fingerprint density at radius 1 is 1.05 bits per heavy atom. The van der Waals surface area contributed by atoms with Gasteiger partial charge in [-0.25, -0.2) is 4.98 Å². The predicted octanol–water partition coefficient (Wildman–Crippen LogP) is 4.61. The second-order valence-electron chi connectivity index (χ2n) is 3.66. The Morgan fingerprint density at radius 3 is 2.21 bits per heavy atom. The number of rotatable bonds is 3. The highest BCUT2D eigenvalue weighted by Gasteiger charge is 2.30. The fraction of sp³-hybridized carbons (Fsp3) is 0.154. The summed E-state index contributed by atoms with van der Waals surface area (Å²) in [4.78, 5) is 5.04. The molecule has 1 aromatic carbocycles. The minimum atomic E-state index is -4.34. The number of nitrogens with zero attached hydrogens (tertiary/aromatic N) is 1. The van der Waals surface area contributed by atoms with Crippen molar-refractivity contribution in [2.24, 2.45) is 0 Å². The van der Waals surface area contributed by atoms with Gasteiger partial charge in [0.25, 0.3) is 0 Å². The first-order valence-corrected chi connectivity index (χ1v) is 6.56. The Bertz CT molecular complexity index is 537. The van der Waals surface area contributed by atoms with Crippen molar-refractivity contribution in [2.45, 2.75) is 11.1 Å². The third-order valence-electron chi connectivity index (χ3n) is 2.35. The van der Waals surface area contributed by atoms with Crippen molar-refractivity contribution in [3.8, 4) is 11.6 Å². The predicted molar refractivity (Wildman–Crippen MR) is 67.5 cm³/mol. The SMILES string of the molecule is CSc1ccc(Oc2ccc(C(F)(F)F)cc2)nc1. The molecule has 0 amide bonds. The zero-order valence-electron chi connectivity index (χ0n) is 9.94. The van der Waals surface area contributed by atoms with Gasteiger partial charge in [0, 0.05) is 17.2 Å². The number of hydrogen-bond donors (Lipinski definition) is 0. The van der Waals surface area contributed by atoms with Crippen LogP contribution in [0, 0.1) is 0 Å². The number of benzene rings is 1. The lowest BCUT2D eigenvalue weighted by molar-refractivity contribution is -0.137. The van der Waals surface area contributed by atoms with Gasteiger partial charge in [0.05, 0.1) is 5.56 Å². The number of aromatic nitrogens is 1. The van der Waals surface area contributed by atoms with Crippen molar-refractivity contribution in [3.05, 3.63) is 48.2 Å². The lowest BCUT2D eigenvalue weighted by Crippen LogP contribution is -2.04. The van der Waals surface area contributed by atoms with E-state index in [0.717, 1.165) is 17.0 Å². The van der Waals surface area contributed by atoms with Crippen LogP contribution in [0.25, 0.3) is 0 Å². The number of hydrogen-bond acceptors (Lipinski definition) is 3. The van der Waals surface area contributed by atoms with E-state index < -0.39 is 11.7 Å². The van der Waals surface area contributed by atoms with E-state index in [1.165, 1.54) is 12.1 Å². The number of pyridine rings is 1. The van der Waals surface area contributed by atoms with Gasteiger partial charge < -0.3 is 4.74 Å². The highest BCUT2D eigenvalue weighted by atomic mass is 32.2. The maximum atomic E-state index is 12.4. The van der Waals surface area contributed by atoms with Crippen molar-refractivity contribution in [1.29, 1.82) is 0 Å². The Balaban J connectivity index is 2.10. The molecule has 0 radical (unpaired) electrons. The molecule has 1 heterocycles. The summed E-state index contributed by atoms with van der Waals surface area (Å²) in [6, 6.07) is 8.00. The monoisotopic (exact) mass is 285 g/mol. The molecule has 0 saturated carbocycles. The summed E-state index contributed by atoms with van der Waals surface area (Å²) in [6.45, 7) is 0. The molecule has 0 N–H and O–H groups in total. The van der Waals surface area contributed by atoms with Gasteiger partial charge in [0.15, 0.2) is 0 Å². The van der Waals surface area contributed by atoms with E-state index in [1.54, 1.807) is 24.0 Å². The van der Waals surface area contributed by atoms with Crippen LogP contribution in [0.4, 0.5) is 13.2 Å². The van der Waals surface area contributed by atoms with Crippen LogP contribution in [-0.4, -0.2) is 11.2 Å². The Hall–Kier alpha value is -1.69. The summed E-state index contributed by atoms with van der Waals surface area (Å²) in [6.07, 6.45) is -0.770. The van der Waals surface area contributed by atoms with Gasteiger partial charge in [-0.15, -0.1) is 11.8 Å². The second-order valence-corrected chi connectivity index (χ2v) is 4.54. The van der Waals surface area contributed by atoms with E-state index in [-0.39, 0.29) is 0 Å². The Labute approximate surface area is 112 Å². The fourth-order valence-corrected chi connectivity index (χ4v) is 1.74. The Kier molecular flexibility index (Phi) is 3.99. The van der Waals surface area contributed by atoms with E-state index in [9.17, 15) is 13.2 Å². The van der Waals surface area contributed by atoms with Gasteiger partial charge in [0.1, 0.15) is 5.75 Å². The molecular weight excluding hydrogens is 275 g/mol.